The van der Waals surface area contributed by atoms with Gasteiger partial charge in [-0.15, -0.1) is 11.3 Å². The highest BCUT2D eigenvalue weighted by Crippen LogP contribution is 2.22. The number of fused-ring (bicyclic) bond motifs is 1. The molecule has 2 aromatic heterocycles. The molecule has 1 amide bonds. The Hall–Kier alpha value is -3.25. The molecule has 0 bridgehead atoms. The van der Waals surface area contributed by atoms with Gasteiger partial charge in [-0.05, 0) is 46.8 Å². The van der Waals surface area contributed by atoms with Crippen LogP contribution in [0.15, 0.2) is 71.1 Å². The summed E-state index contributed by atoms with van der Waals surface area (Å²) in [6.07, 6.45) is 0. The molecule has 5 nitrogen and oxygen atoms in total. The zero-order valence-electron chi connectivity index (χ0n) is 14.1. The number of H-pyrrole nitrogens is 1. The standard InChI is InChI=1S/C20H16N4OS/c1-13(15-9-8-14-5-2-3-6-16(14)11-15)21-24-20(25)18-12-17(22-23-18)19-7-4-10-26-19/h2-12H,1H3,(H,22,23)(H,24,25). The van der Waals surface area contributed by atoms with Crippen molar-refractivity contribution in [3.8, 4) is 10.6 Å². The normalized spacial score (nSPS) is 11.7. The van der Waals surface area contributed by atoms with Crippen LogP contribution in [0.5, 0.6) is 0 Å². The molecule has 2 N–H and O–H groups in total. The molecule has 0 aliphatic rings. The largest absolute Gasteiger partial charge is 0.291 e. The molecular formula is C20H16N4OS. The Morgan fingerprint density at radius 3 is 2.73 bits per heavy atom. The monoisotopic (exact) mass is 360 g/mol. The topological polar surface area (TPSA) is 70.1 Å². The molecule has 2 aromatic carbocycles. The SMILES string of the molecule is CC(=NNC(=O)c1cc(-c2cccs2)[nH]n1)c1ccc2ccccc2c1. The lowest BCUT2D eigenvalue weighted by molar-refractivity contribution is 0.0950. The first-order valence-corrected chi connectivity index (χ1v) is 9.02. The lowest BCUT2D eigenvalue weighted by Gasteiger charge is -2.04. The first-order valence-electron chi connectivity index (χ1n) is 8.14. The summed E-state index contributed by atoms with van der Waals surface area (Å²) >= 11 is 1.59. The maximum absolute atomic E-state index is 12.3. The van der Waals surface area contributed by atoms with Crippen LogP contribution in [0, 0.1) is 0 Å². The molecule has 0 unspecified atom stereocenters. The molecule has 0 radical (unpaired) electrons. The van der Waals surface area contributed by atoms with Gasteiger partial charge in [0.2, 0.25) is 0 Å². The third-order valence-corrected chi connectivity index (χ3v) is 4.99. The minimum atomic E-state index is -0.343. The van der Waals surface area contributed by atoms with Crippen molar-refractivity contribution in [2.24, 2.45) is 5.10 Å². The van der Waals surface area contributed by atoms with Crippen LogP contribution in [-0.2, 0) is 0 Å². The van der Waals surface area contributed by atoms with Crippen molar-refractivity contribution in [3.05, 3.63) is 77.3 Å². The van der Waals surface area contributed by atoms with E-state index >= 15 is 0 Å². The van der Waals surface area contributed by atoms with Crippen LogP contribution in [-0.4, -0.2) is 21.8 Å². The van der Waals surface area contributed by atoms with Crippen molar-refractivity contribution in [2.75, 3.05) is 0 Å². The fraction of sp³-hybridized carbons (Fsp3) is 0.0500. The number of hydrogen-bond donors (Lipinski definition) is 2. The first kappa shape index (κ1) is 16.2. The fourth-order valence-electron chi connectivity index (χ4n) is 2.67. The second kappa shape index (κ2) is 6.93. The van der Waals surface area contributed by atoms with Gasteiger partial charge >= 0.3 is 0 Å². The van der Waals surface area contributed by atoms with Gasteiger partial charge in [0.25, 0.3) is 5.91 Å². The highest BCUT2D eigenvalue weighted by molar-refractivity contribution is 7.13. The molecular weight excluding hydrogens is 344 g/mol. The quantitative estimate of drug-likeness (QED) is 0.417. The second-order valence-electron chi connectivity index (χ2n) is 5.84. The Morgan fingerprint density at radius 1 is 1.08 bits per heavy atom. The van der Waals surface area contributed by atoms with Crippen molar-refractivity contribution in [3.63, 3.8) is 0 Å². The lowest BCUT2D eigenvalue weighted by atomic mass is 10.0. The van der Waals surface area contributed by atoms with E-state index in [1.807, 2.05) is 48.7 Å². The van der Waals surface area contributed by atoms with Crippen LogP contribution < -0.4 is 5.43 Å². The van der Waals surface area contributed by atoms with E-state index in [0.29, 0.717) is 5.69 Å². The summed E-state index contributed by atoms with van der Waals surface area (Å²) in [6, 6.07) is 19.9. The second-order valence-corrected chi connectivity index (χ2v) is 6.79. The number of amides is 1. The van der Waals surface area contributed by atoms with E-state index in [9.17, 15) is 4.79 Å². The van der Waals surface area contributed by atoms with Crippen molar-refractivity contribution in [1.82, 2.24) is 15.6 Å². The van der Waals surface area contributed by atoms with Crippen LogP contribution in [0.1, 0.15) is 23.0 Å². The molecule has 128 valence electrons. The predicted octanol–water partition coefficient (Wildman–Crippen LogP) is 4.45. The third kappa shape index (κ3) is 3.27. The van der Waals surface area contributed by atoms with Gasteiger partial charge in [-0.2, -0.15) is 10.2 Å². The molecule has 0 spiro atoms. The number of thiophene rings is 1. The minimum Gasteiger partial charge on any atom is -0.276 e. The van der Waals surface area contributed by atoms with Gasteiger partial charge in [-0.25, -0.2) is 5.43 Å². The number of nitrogens with zero attached hydrogens (tertiary/aromatic N) is 2. The zero-order chi connectivity index (χ0) is 17.9. The van der Waals surface area contributed by atoms with E-state index in [0.717, 1.165) is 27.2 Å². The summed E-state index contributed by atoms with van der Waals surface area (Å²) in [7, 11) is 0. The van der Waals surface area contributed by atoms with E-state index in [1.165, 1.54) is 5.39 Å². The zero-order valence-corrected chi connectivity index (χ0v) is 14.9. The van der Waals surface area contributed by atoms with Crippen molar-refractivity contribution < 1.29 is 4.79 Å². The van der Waals surface area contributed by atoms with Crippen LogP contribution in [0.2, 0.25) is 0 Å². The van der Waals surface area contributed by atoms with Gasteiger partial charge in [-0.3, -0.25) is 9.89 Å². The molecule has 4 rings (SSSR count). The molecule has 0 saturated heterocycles. The van der Waals surface area contributed by atoms with Crippen LogP contribution in [0.4, 0.5) is 0 Å². The van der Waals surface area contributed by atoms with Crippen molar-refractivity contribution in [2.45, 2.75) is 6.92 Å². The molecule has 4 aromatic rings. The Bertz CT molecular complexity index is 1100. The average molecular weight is 360 g/mol. The summed E-state index contributed by atoms with van der Waals surface area (Å²) in [5.41, 5.74) is 5.40. The highest BCUT2D eigenvalue weighted by Gasteiger charge is 2.11. The number of benzene rings is 2. The van der Waals surface area contributed by atoms with Crippen LogP contribution in [0.25, 0.3) is 21.3 Å². The van der Waals surface area contributed by atoms with E-state index < -0.39 is 0 Å². The van der Waals surface area contributed by atoms with Gasteiger partial charge in [-0.1, -0.05) is 42.5 Å². The van der Waals surface area contributed by atoms with Gasteiger partial charge < -0.3 is 0 Å². The van der Waals surface area contributed by atoms with E-state index in [1.54, 1.807) is 17.4 Å². The van der Waals surface area contributed by atoms with E-state index in [-0.39, 0.29) is 5.91 Å². The molecule has 0 aliphatic heterocycles. The number of aromatic amines is 1. The van der Waals surface area contributed by atoms with Crippen molar-refractivity contribution in [1.29, 1.82) is 0 Å². The average Bonchev–Trinajstić information content (AvgIpc) is 3.36. The maximum Gasteiger partial charge on any atom is 0.291 e. The van der Waals surface area contributed by atoms with Gasteiger partial charge in [0.1, 0.15) is 0 Å². The highest BCUT2D eigenvalue weighted by atomic mass is 32.1. The molecule has 0 saturated carbocycles. The number of nitrogens with one attached hydrogen (secondary N) is 2. The number of carbonyl (C=O) groups is 1. The van der Waals surface area contributed by atoms with E-state index in [4.69, 9.17) is 0 Å². The summed E-state index contributed by atoms with van der Waals surface area (Å²) < 4.78 is 0. The van der Waals surface area contributed by atoms with Crippen molar-refractivity contribution >= 4 is 33.7 Å². The van der Waals surface area contributed by atoms with Gasteiger partial charge in [0, 0.05) is 0 Å². The first-order chi connectivity index (χ1) is 12.7. The number of hydrogen-bond acceptors (Lipinski definition) is 4. The van der Waals surface area contributed by atoms with Gasteiger partial charge in [0.15, 0.2) is 5.69 Å². The smallest absolute Gasteiger partial charge is 0.276 e. The molecule has 0 aliphatic carbocycles. The summed E-state index contributed by atoms with van der Waals surface area (Å²) in [6.45, 7) is 1.87. The Labute approximate surface area is 154 Å². The Kier molecular flexibility index (Phi) is 4.33. The molecule has 6 heteroatoms. The number of aromatic nitrogens is 2. The number of hydrazone groups is 1. The molecule has 0 atom stereocenters. The summed E-state index contributed by atoms with van der Waals surface area (Å²) in [5.74, 6) is -0.343. The summed E-state index contributed by atoms with van der Waals surface area (Å²) in [4.78, 5) is 13.3. The minimum absolute atomic E-state index is 0.309. The van der Waals surface area contributed by atoms with Crippen LogP contribution in [0.3, 0.4) is 0 Å². The summed E-state index contributed by atoms with van der Waals surface area (Å²) in [5, 5.41) is 15.4. The lowest BCUT2D eigenvalue weighted by Crippen LogP contribution is -2.19. The number of carbonyl (C=O) groups excluding carboxylic acids is 1. The Balaban J connectivity index is 1.50. The van der Waals surface area contributed by atoms with E-state index in [2.05, 4.69) is 38.9 Å². The maximum atomic E-state index is 12.3. The molecule has 0 fully saturated rings. The number of rotatable bonds is 4. The van der Waals surface area contributed by atoms with Gasteiger partial charge in [0.05, 0.1) is 16.3 Å². The molecule has 2 heterocycles. The molecule has 26 heavy (non-hydrogen) atoms. The predicted molar refractivity (Wildman–Crippen MR) is 106 cm³/mol. The van der Waals surface area contributed by atoms with Crippen LogP contribution >= 0.6 is 11.3 Å². The fourth-order valence-corrected chi connectivity index (χ4v) is 3.36. The third-order valence-electron chi connectivity index (χ3n) is 4.09. The Morgan fingerprint density at radius 2 is 1.92 bits per heavy atom.